The van der Waals surface area contributed by atoms with Gasteiger partial charge in [-0.2, -0.15) is 4.57 Å². The minimum atomic E-state index is -7.22. The maximum Gasteiger partial charge on any atom is 0.246 e. The molecule has 0 N–H and O–H groups in total. The van der Waals surface area contributed by atoms with Crippen molar-refractivity contribution in [2.24, 2.45) is 0 Å². The molecule has 0 atom stereocenters. The Bertz CT molecular complexity index is 2670. The third-order valence-corrected chi connectivity index (χ3v) is 9.98. The molecule has 0 aliphatic rings. The Morgan fingerprint density at radius 1 is 0.344 bits per heavy atom. The van der Waals surface area contributed by atoms with Crippen molar-refractivity contribution in [3.8, 4) is 0 Å². The Labute approximate surface area is 343 Å². The van der Waals surface area contributed by atoms with Gasteiger partial charge in [-0.25, -0.2) is 87.8 Å². The summed E-state index contributed by atoms with van der Waals surface area (Å²) in [4.78, 5) is 11.2. The van der Waals surface area contributed by atoms with Crippen LogP contribution in [-0.2, 0) is 6.54 Å². The van der Waals surface area contributed by atoms with E-state index in [2.05, 4.69) is 22.8 Å². The highest BCUT2D eigenvalue weighted by Gasteiger charge is 2.52. The molecule has 0 bridgehead atoms. The quantitative estimate of drug-likeness (QED) is 0.0391. The van der Waals surface area contributed by atoms with Gasteiger partial charge in [-0.3, -0.25) is 4.79 Å². The van der Waals surface area contributed by atoms with E-state index in [1.807, 2.05) is 48.5 Å². The molecule has 64 heavy (non-hydrogen) atoms. The summed E-state index contributed by atoms with van der Waals surface area (Å²) in [5.74, 6) is -71.4. The molecule has 0 radical (unpaired) electrons. The standard InChI is InChI=1S/C24BF20.C17H14NO/c26-5-1(6(27)14(35)21(42)13(5)34)25(2-7(28)15(36)22(43)16(37)8(2)29,3-9(30)17(38)23(44)18(39)10(3)31)4-11(32)19(40)24(45)20(41)12(4)33;19-13-16-11-10-15-8-4-5-9-17(15)18(16)12-14-6-2-1-3-7-14/h;1-11,13H,12H2/q-1;+1. The van der Waals surface area contributed by atoms with Crippen molar-refractivity contribution in [2.75, 3.05) is 0 Å². The van der Waals surface area contributed by atoms with Crippen LogP contribution in [0.5, 0.6) is 0 Å². The Balaban J connectivity index is 0.000000295. The summed E-state index contributed by atoms with van der Waals surface area (Å²) in [6, 6.07) is 22.2. The number of rotatable bonds is 7. The molecule has 332 valence electrons. The molecular weight excluding hydrogens is 913 g/mol. The van der Waals surface area contributed by atoms with Crippen LogP contribution in [-0.4, -0.2) is 12.4 Å². The van der Waals surface area contributed by atoms with Gasteiger partial charge in [0.2, 0.25) is 17.5 Å². The molecule has 0 saturated heterocycles. The molecule has 1 heterocycles. The topological polar surface area (TPSA) is 20.9 Å². The maximum absolute atomic E-state index is 15.4. The van der Waals surface area contributed by atoms with Crippen LogP contribution in [0.15, 0.2) is 66.7 Å². The highest BCUT2D eigenvalue weighted by molar-refractivity contribution is 7.20. The minimum Gasteiger partial charge on any atom is -0.291 e. The van der Waals surface area contributed by atoms with E-state index in [1.54, 1.807) is 0 Å². The van der Waals surface area contributed by atoms with Gasteiger partial charge in [0, 0.05) is 23.1 Å². The molecule has 23 heteroatoms. The second kappa shape index (κ2) is 17.3. The zero-order chi connectivity index (χ0) is 47.4. The highest BCUT2D eigenvalue weighted by Crippen LogP contribution is 2.31. The molecule has 0 aliphatic heterocycles. The first kappa shape index (κ1) is 46.6. The lowest BCUT2D eigenvalue weighted by Crippen LogP contribution is -2.81. The SMILES string of the molecule is Fc1c(F)c(F)c([B-](c2c(F)c(F)c(F)c(F)c2F)(c2c(F)c(F)c(F)c(F)c2F)c2c(F)c(F)c(F)c(F)c2F)c(F)c1F.O=Cc1ccc2ccccc2[n+]1Cc1ccccc1. The predicted octanol–water partition coefficient (Wildman–Crippen LogP) is 8.83. The lowest BCUT2D eigenvalue weighted by molar-refractivity contribution is -0.663. The number of aromatic nitrogens is 1. The molecule has 7 rings (SSSR count). The van der Waals surface area contributed by atoms with E-state index in [0.29, 0.717) is 12.2 Å². The van der Waals surface area contributed by atoms with Crippen molar-refractivity contribution in [3.05, 3.63) is 194 Å². The van der Waals surface area contributed by atoms with Crippen LogP contribution >= 0.6 is 0 Å². The van der Waals surface area contributed by atoms with Crippen molar-refractivity contribution >= 4 is 45.2 Å². The van der Waals surface area contributed by atoms with Crippen molar-refractivity contribution < 1.29 is 97.2 Å². The number of halogens is 20. The van der Waals surface area contributed by atoms with E-state index < -0.39 is 144 Å². The van der Waals surface area contributed by atoms with Crippen LogP contribution in [0.3, 0.4) is 0 Å². The number of carbonyl (C=O) groups excluding carboxylic acids is 1. The Morgan fingerprint density at radius 3 is 0.938 bits per heavy atom. The van der Waals surface area contributed by atoms with Gasteiger partial charge in [0.05, 0.1) is 0 Å². The molecule has 1 aromatic heterocycles. The normalized spacial score (nSPS) is 11.6. The summed E-state index contributed by atoms with van der Waals surface area (Å²) in [6.07, 6.45) is -6.30. The number of pyridine rings is 1. The van der Waals surface area contributed by atoms with Crippen molar-refractivity contribution in [2.45, 2.75) is 6.54 Å². The van der Waals surface area contributed by atoms with Gasteiger partial charge in [-0.05, 0) is 12.1 Å². The van der Waals surface area contributed by atoms with Gasteiger partial charge in [0.1, 0.15) is 52.7 Å². The first-order valence-corrected chi connectivity index (χ1v) is 17.2. The molecule has 0 aliphatic carbocycles. The molecule has 7 aromatic rings. The smallest absolute Gasteiger partial charge is 0.246 e. The first-order valence-electron chi connectivity index (χ1n) is 17.2. The van der Waals surface area contributed by atoms with Crippen LogP contribution in [0.2, 0.25) is 0 Å². The number of benzene rings is 6. The van der Waals surface area contributed by atoms with E-state index in [-0.39, 0.29) is 0 Å². The number of hydrogen-bond donors (Lipinski definition) is 0. The second-order valence-electron chi connectivity index (χ2n) is 13.3. The molecule has 6 aromatic carbocycles. The summed E-state index contributed by atoms with van der Waals surface area (Å²) < 4.78 is 296. The van der Waals surface area contributed by atoms with E-state index >= 15 is 35.1 Å². The number of hydrogen-bond acceptors (Lipinski definition) is 1. The van der Waals surface area contributed by atoms with Crippen LogP contribution in [0.25, 0.3) is 10.9 Å². The monoisotopic (exact) mass is 927 g/mol. The van der Waals surface area contributed by atoms with E-state index in [4.69, 9.17) is 0 Å². The lowest BCUT2D eigenvalue weighted by atomic mass is 9.12. The number of carbonyl (C=O) groups is 1. The zero-order valence-corrected chi connectivity index (χ0v) is 30.6. The fourth-order valence-corrected chi connectivity index (χ4v) is 7.20. The summed E-state index contributed by atoms with van der Waals surface area (Å²) >= 11 is 0. The fraction of sp³-hybridized carbons (Fsp3) is 0.0244. The Kier molecular flexibility index (Phi) is 12.6. The number of aldehydes is 1. The maximum atomic E-state index is 15.4. The van der Waals surface area contributed by atoms with Crippen LogP contribution in [0, 0.1) is 116 Å². The van der Waals surface area contributed by atoms with E-state index in [0.717, 1.165) is 17.2 Å². The molecule has 0 saturated carbocycles. The van der Waals surface area contributed by atoms with Crippen molar-refractivity contribution in [1.29, 1.82) is 0 Å². The summed E-state index contributed by atoms with van der Waals surface area (Å²) in [6.45, 7) is 0.705. The van der Waals surface area contributed by atoms with Gasteiger partial charge in [-0.15, -0.1) is 21.9 Å². The van der Waals surface area contributed by atoms with Gasteiger partial charge in [0.15, 0.2) is 76.4 Å². The van der Waals surface area contributed by atoms with Gasteiger partial charge < -0.3 is 0 Å². The Morgan fingerprint density at radius 2 is 0.625 bits per heavy atom. The molecular formula is C41H14BF20NO. The number of fused-ring (bicyclic) bond motifs is 1. The van der Waals surface area contributed by atoms with Crippen LogP contribution in [0.1, 0.15) is 16.1 Å². The number of nitrogens with zero attached hydrogens (tertiary/aromatic N) is 1. The second-order valence-corrected chi connectivity index (χ2v) is 13.3. The molecule has 0 spiro atoms. The first-order chi connectivity index (χ1) is 30.1. The summed E-state index contributed by atoms with van der Waals surface area (Å²) in [7, 11) is 0. The number of para-hydroxylation sites is 1. The average molecular weight is 927 g/mol. The third kappa shape index (κ3) is 7.05. The molecule has 2 nitrogen and oxygen atoms in total. The summed E-state index contributed by atoms with van der Waals surface area (Å²) in [5.41, 5.74) is -11.4. The largest absolute Gasteiger partial charge is 0.291 e. The zero-order valence-electron chi connectivity index (χ0n) is 30.6. The minimum absolute atomic E-state index is 0.697. The highest BCUT2D eigenvalue weighted by atomic mass is 19.2. The van der Waals surface area contributed by atoms with Crippen molar-refractivity contribution in [1.82, 2.24) is 0 Å². The van der Waals surface area contributed by atoms with E-state index in [1.165, 1.54) is 5.56 Å². The fourth-order valence-electron chi connectivity index (χ4n) is 7.20. The predicted molar refractivity (Wildman–Crippen MR) is 184 cm³/mol. The lowest BCUT2D eigenvalue weighted by Gasteiger charge is -2.44. The Hall–Kier alpha value is -6.94. The molecule has 0 fully saturated rings. The average Bonchev–Trinajstić information content (AvgIpc) is 3.29. The third-order valence-electron chi connectivity index (χ3n) is 9.98. The summed E-state index contributed by atoms with van der Waals surface area (Å²) in [5, 5.41) is 1.14. The van der Waals surface area contributed by atoms with Crippen molar-refractivity contribution in [3.63, 3.8) is 0 Å². The van der Waals surface area contributed by atoms with Gasteiger partial charge >= 0.3 is 0 Å². The van der Waals surface area contributed by atoms with Crippen LogP contribution in [0.4, 0.5) is 87.8 Å². The van der Waals surface area contributed by atoms with Gasteiger partial charge in [0.25, 0.3) is 0 Å². The molecule has 0 unspecified atom stereocenters. The van der Waals surface area contributed by atoms with Gasteiger partial charge in [-0.1, -0.05) is 42.5 Å². The molecule has 0 amide bonds. The van der Waals surface area contributed by atoms with E-state index in [9.17, 15) is 57.5 Å². The van der Waals surface area contributed by atoms with Crippen LogP contribution < -0.4 is 26.4 Å².